The summed E-state index contributed by atoms with van der Waals surface area (Å²) in [6.45, 7) is 7.47. The summed E-state index contributed by atoms with van der Waals surface area (Å²) in [5.41, 5.74) is 0. The summed E-state index contributed by atoms with van der Waals surface area (Å²) in [7, 11) is 1.26. The summed E-state index contributed by atoms with van der Waals surface area (Å²) in [5.74, 6) is -0.143. The number of alkyl carbamates (subject to hydrolysis) is 1. The second-order valence-corrected chi connectivity index (χ2v) is 4.30. The van der Waals surface area contributed by atoms with Crippen LogP contribution in [-0.4, -0.2) is 31.3 Å². The van der Waals surface area contributed by atoms with Crippen LogP contribution in [0.3, 0.4) is 0 Å². The lowest BCUT2D eigenvalue weighted by molar-refractivity contribution is -0.150. The van der Waals surface area contributed by atoms with Crippen molar-refractivity contribution < 1.29 is 19.1 Å². The quantitative estimate of drug-likeness (QED) is 0.731. The van der Waals surface area contributed by atoms with Crippen molar-refractivity contribution in [1.82, 2.24) is 5.32 Å². The molecule has 0 rings (SSSR count). The minimum atomic E-state index is -0.644. The molecule has 0 aliphatic rings. The second kappa shape index (κ2) is 7.09. The van der Waals surface area contributed by atoms with Crippen LogP contribution >= 0.6 is 0 Å². The van der Waals surface area contributed by atoms with Gasteiger partial charge in [0.05, 0.1) is 13.2 Å². The van der Waals surface area contributed by atoms with Gasteiger partial charge in [0.15, 0.2) is 0 Å². The van der Waals surface area contributed by atoms with Crippen molar-refractivity contribution >= 4 is 12.1 Å². The van der Waals surface area contributed by atoms with Gasteiger partial charge in [-0.3, -0.25) is 0 Å². The molecule has 5 nitrogen and oxygen atoms in total. The Balaban J connectivity index is 4.40. The van der Waals surface area contributed by atoms with Crippen LogP contribution < -0.4 is 5.32 Å². The summed E-state index contributed by atoms with van der Waals surface area (Å²) < 4.78 is 9.51. The lowest BCUT2D eigenvalue weighted by atomic mass is 10.0. The first kappa shape index (κ1) is 14.7. The van der Waals surface area contributed by atoms with Gasteiger partial charge in [-0.05, 0) is 26.2 Å². The number of rotatable bonds is 5. The number of carbonyl (C=O) groups excluding carboxylic acids is 2. The van der Waals surface area contributed by atoms with Gasteiger partial charge in [0.2, 0.25) is 0 Å². The van der Waals surface area contributed by atoms with Crippen molar-refractivity contribution in [1.29, 1.82) is 0 Å². The van der Waals surface area contributed by atoms with Gasteiger partial charge in [-0.2, -0.15) is 0 Å². The molecule has 0 aromatic rings. The van der Waals surface area contributed by atoms with Gasteiger partial charge in [-0.25, -0.2) is 9.59 Å². The Morgan fingerprint density at radius 2 is 1.75 bits per heavy atom. The van der Waals surface area contributed by atoms with E-state index in [1.807, 2.05) is 13.8 Å². The van der Waals surface area contributed by atoms with Crippen molar-refractivity contribution in [3.8, 4) is 0 Å². The number of amides is 1. The van der Waals surface area contributed by atoms with Crippen LogP contribution in [0.15, 0.2) is 0 Å². The molecule has 0 unspecified atom stereocenters. The molecular formula is C11H21NO4. The zero-order chi connectivity index (χ0) is 12.7. The number of esters is 1. The third-order valence-electron chi connectivity index (χ3n) is 1.82. The zero-order valence-electron chi connectivity index (χ0n) is 10.6. The van der Waals surface area contributed by atoms with E-state index in [1.54, 1.807) is 13.8 Å². The van der Waals surface area contributed by atoms with E-state index in [0.717, 1.165) is 0 Å². The summed E-state index contributed by atoms with van der Waals surface area (Å²) in [4.78, 5) is 22.7. The van der Waals surface area contributed by atoms with Gasteiger partial charge in [0.1, 0.15) is 6.04 Å². The van der Waals surface area contributed by atoms with Gasteiger partial charge in [-0.15, -0.1) is 0 Å². The van der Waals surface area contributed by atoms with E-state index in [2.05, 4.69) is 10.1 Å². The van der Waals surface area contributed by atoms with Crippen molar-refractivity contribution in [2.75, 3.05) is 7.11 Å². The van der Waals surface area contributed by atoms with E-state index >= 15 is 0 Å². The molecule has 1 N–H and O–H groups in total. The number of hydrogen-bond acceptors (Lipinski definition) is 4. The van der Waals surface area contributed by atoms with Gasteiger partial charge in [-0.1, -0.05) is 13.8 Å². The molecule has 0 bridgehead atoms. The van der Waals surface area contributed by atoms with Crippen molar-refractivity contribution in [3.05, 3.63) is 0 Å². The molecule has 0 aromatic heterocycles. The van der Waals surface area contributed by atoms with Crippen LogP contribution in [0, 0.1) is 5.92 Å². The average molecular weight is 231 g/mol. The minimum absolute atomic E-state index is 0.193. The first-order chi connectivity index (χ1) is 7.36. The smallest absolute Gasteiger partial charge is 0.407 e. The van der Waals surface area contributed by atoms with Crippen molar-refractivity contribution in [2.45, 2.75) is 46.3 Å². The Morgan fingerprint density at radius 3 is 2.12 bits per heavy atom. The fourth-order valence-electron chi connectivity index (χ4n) is 1.20. The van der Waals surface area contributed by atoms with Crippen molar-refractivity contribution in [3.63, 3.8) is 0 Å². The van der Waals surface area contributed by atoms with Crippen LogP contribution in [0.2, 0.25) is 0 Å². The van der Waals surface area contributed by atoms with Crippen LogP contribution in [0.5, 0.6) is 0 Å². The lowest BCUT2D eigenvalue weighted by Crippen LogP contribution is -2.43. The third kappa shape index (κ3) is 6.27. The van der Waals surface area contributed by atoms with Crippen LogP contribution in [0.1, 0.15) is 34.1 Å². The van der Waals surface area contributed by atoms with E-state index in [9.17, 15) is 9.59 Å². The van der Waals surface area contributed by atoms with E-state index in [1.165, 1.54) is 7.11 Å². The predicted octanol–water partition coefficient (Wildman–Crippen LogP) is 1.71. The van der Waals surface area contributed by atoms with E-state index in [4.69, 9.17) is 4.74 Å². The van der Waals surface area contributed by atoms with Crippen LogP contribution in [-0.2, 0) is 14.3 Å². The summed E-state index contributed by atoms with van der Waals surface area (Å²) in [6, 6.07) is -0.644. The van der Waals surface area contributed by atoms with Crippen LogP contribution in [0.4, 0.5) is 4.79 Å². The number of hydrogen-bond donors (Lipinski definition) is 1. The molecule has 0 saturated carbocycles. The Hall–Kier alpha value is -1.26. The molecule has 0 heterocycles. The molecule has 0 aromatic carbocycles. The normalized spacial score (nSPS) is 12.4. The maximum absolute atomic E-state index is 11.6. The monoisotopic (exact) mass is 231 g/mol. The van der Waals surface area contributed by atoms with Crippen molar-refractivity contribution in [2.24, 2.45) is 5.92 Å². The highest BCUT2D eigenvalue weighted by Crippen LogP contribution is 2.07. The highest BCUT2D eigenvalue weighted by Gasteiger charge is 2.24. The summed E-state index contributed by atoms with van der Waals surface area (Å²) >= 11 is 0. The Bertz CT molecular complexity index is 238. The minimum Gasteiger partial charge on any atom is -0.461 e. The average Bonchev–Trinajstić information content (AvgIpc) is 2.14. The molecule has 94 valence electrons. The topological polar surface area (TPSA) is 64.6 Å². The van der Waals surface area contributed by atoms with Gasteiger partial charge in [0, 0.05) is 0 Å². The molecule has 0 radical (unpaired) electrons. The first-order valence-electron chi connectivity index (χ1n) is 5.41. The van der Waals surface area contributed by atoms with E-state index in [0.29, 0.717) is 6.42 Å². The zero-order valence-corrected chi connectivity index (χ0v) is 10.6. The largest absolute Gasteiger partial charge is 0.461 e. The lowest BCUT2D eigenvalue weighted by Gasteiger charge is -2.19. The highest BCUT2D eigenvalue weighted by atomic mass is 16.6. The molecule has 5 heteroatoms. The molecule has 1 atom stereocenters. The Labute approximate surface area is 96.5 Å². The predicted molar refractivity (Wildman–Crippen MR) is 60.0 cm³/mol. The fourth-order valence-corrected chi connectivity index (χ4v) is 1.20. The molecule has 0 aliphatic heterocycles. The first-order valence-corrected chi connectivity index (χ1v) is 5.41. The highest BCUT2D eigenvalue weighted by molar-refractivity contribution is 5.81. The standard InChI is InChI=1S/C11H21NO4/c1-7(2)6-9(12-11(14)15-5)10(13)16-8(3)4/h7-9H,6H2,1-5H3,(H,12,14)/t9-/m1/s1. The van der Waals surface area contributed by atoms with E-state index < -0.39 is 18.1 Å². The van der Waals surface area contributed by atoms with Gasteiger partial charge in [0.25, 0.3) is 0 Å². The molecule has 0 saturated heterocycles. The Morgan fingerprint density at radius 1 is 1.19 bits per heavy atom. The molecular weight excluding hydrogens is 210 g/mol. The number of nitrogens with one attached hydrogen (secondary N) is 1. The SMILES string of the molecule is COC(=O)N[C@H](CC(C)C)C(=O)OC(C)C. The second-order valence-electron chi connectivity index (χ2n) is 4.30. The number of carbonyl (C=O) groups is 2. The van der Waals surface area contributed by atoms with Gasteiger partial charge < -0.3 is 14.8 Å². The van der Waals surface area contributed by atoms with Crippen LogP contribution in [0.25, 0.3) is 0 Å². The Kier molecular flexibility index (Phi) is 6.53. The molecule has 0 fully saturated rings. The van der Waals surface area contributed by atoms with Gasteiger partial charge >= 0.3 is 12.1 Å². The van der Waals surface area contributed by atoms with E-state index in [-0.39, 0.29) is 12.0 Å². The maximum atomic E-state index is 11.6. The third-order valence-corrected chi connectivity index (χ3v) is 1.82. The molecule has 0 spiro atoms. The molecule has 16 heavy (non-hydrogen) atoms. The molecule has 1 amide bonds. The summed E-state index contributed by atoms with van der Waals surface area (Å²) in [6.07, 6.45) is -0.284. The number of methoxy groups -OCH3 is 1. The maximum Gasteiger partial charge on any atom is 0.407 e. The summed E-state index contributed by atoms with van der Waals surface area (Å²) in [5, 5.41) is 2.47. The fraction of sp³-hybridized carbons (Fsp3) is 0.818. The number of ether oxygens (including phenoxy) is 2. The molecule has 0 aliphatic carbocycles.